The highest BCUT2D eigenvalue weighted by Gasteiger charge is 2.16. The molecule has 0 atom stereocenters. The summed E-state index contributed by atoms with van der Waals surface area (Å²) < 4.78 is 27.9. The van der Waals surface area contributed by atoms with Gasteiger partial charge in [-0.05, 0) is 41.3 Å². The van der Waals surface area contributed by atoms with Gasteiger partial charge in [-0.25, -0.2) is 13.1 Å². The molecule has 0 spiro atoms. The molecule has 0 saturated heterocycles. The van der Waals surface area contributed by atoms with Crippen molar-refractivity contribution in [1.82, 2.24) is 20.0 Å². The SMILES string of the molecule is O=C(CCc1ccc(-c2cccnc2)cc1)NCCNS(=O)(=O)c1cccc2cnccc12. The number of sulfonamides is 1. The van der Waals surface area contributed by atoms with Gasteiger partial charge in [0.25, 0.3) is 0 Å². The lowest BCUT2D eigenvalue weighted by Crippen LogP contribution is -2.34. The molecule has 0 aliphatic heterocycles. The fourth-order valence-corrected chi connectivity index (χ4v) is 4.80. The number of aryl methyl sites for hydroxylation is 1. The molecule has 0 aliphatic rings. The van der Waals surface area contributed by atoms with Crippen molar-refractivity contribution in [1.29, 1.82) is 0 Å². The number of rotatable bonds is 9. The molecule has 2 heterocycles. The Kier molecular flexibility index (Phi) is 7.07. The molecule has 1 amide bonds. The molecule has 0 fully saturated rings. The molecule has 4 rings (SSSR count). The minimum atomic E-state index is -3.70. The van der Waals surface area contributed by atoms with E-state index in [-0.39, 0.29) is 23.9 Å². The molecule has 2 aromatic heterocycles. The van der Waals surface area contributed by atoms with Crippen LogP contribution in [0.4, 0.5) is 0 Å². The van der Waals surface area contributed by atoms with Gasteiger partial charge in [-0.15, -0.1) is 0 Å². The highest BCUT2D eigenvalue weighted by atomic mass is 32.2. The Morgan fingerprint density at radius 3 is 2.42 bits per heavy atom. The molecule has 168 valence electrons. The number of aromatic nitrogens is 2. The highest BCUT2D eigenvalue weighted by molar-refractivity contribution is 7.89. The first-order valence-electron chi connectivity index (χ1n) is 10.6. The van der Waals surface area contributed by atoms with Crippen molar-refractivity contribution in [2.24, 2.45) is 0 Å². The van der Waals surface area contributed by atoms with E-state index in [2.05, 4.69) is 20.0 Å². The second kappa shape index (κ2) is 10.3. The molecule has 0 bridgehead atoms. The highest BCUT2D eigenvalue weighted by Crippen LogP contribution is 2.21. The van der Waals surface area contributed by atoms with Gasteiger partial charge in [-0.2, -0.15) is 0 Å². The van der Waals surface area contributed by atoms with Crippen LogP contribution in [-0.4, -0.2) is 37.4 Å². The predicted octanol–water partition coefficient (Wildman–Crippen LogP) is 3.32. The summed E-state index contributed by atoms with van der Waals surface area (Å²) in [4.78, 5) is 20.5. The van der Waals surface area contributed by atoms with Gasteiger partial charge in [0.05, 0.1) is 4.90 Å². The Labute approximate surface area is 193 Å². The Bertz CT molecular complexity index is 1340. The second-order valence-corrected chi connectivity index (χ2v) is 9.27. The molecule has 0 radical (unpaired) electrons. The van der Waals surface area contributed by atoms with E-state index in [1.807, 2.05) is 48.7 Å². The third kappa shape index (κ3) is 5.79. The van der Waals surface area contributed by atoms with Gasteiger partial charge in [0, 0.05) is 55.1 Å². The van der Waals surface area contributed by atoms with Gasteiger partial charge in [-0.1, -0.05) is 42.5 Å². The molecule has 8 heteroatoms. The monoisotopic (exact) mass is 460 g/mol. The van der Waals surface area contributed by atoms with Crippen LogP contribution < -0.4 is 10.0 Å². The summed E-state index contributed by atoms with van der Waals surface area (Å²) >= 11 is 0. The number of benzene rings is 2. The van der Waals surface area contributed by atoms with E-state index in [0.29, 0.717) is 18.2 Å². The normalized spacial score (nSPS) is 11.4. The van der Waals surface area contributed by atoms with Gasteiger partial charge in [0.2, 0.25) is 15.9 Å². The zero-order valence-electron chi connectivity index (χ0n) is 17.9. The van der Waals surface area contributed by atoms with Crippen LogP contribution in [0.25, 0.3) is 21.9 Å². The summed E-state index contributed by atoms with van der Waals surface area (Å²) in [7, 11) is -3.70. The molecular formula is C25H24N4O3S. The summed E-state index contributed by atoms with van der Waals surface area (Å²) in [6.45, 7) is 0.319. The second-order valence-electron chi connectivity index (χ2n) is 7.54. The summed E-state index contributed by atoms with van der Waals surface area (Å²) in [5.41, 5.74) is 3.18. The van der Waals surface area contributed by atoms with Crippen molar-refractivity contribution in [3.8, 4) is 11.1 Å². The molecule has 2 N–H and O–H groups in total. The van der Waals surface area contributed by atoms with Crippen molar-refractivity contribution in [3.63, 3.8) is 0 Å². The first-order valence-corrected chi connectivity index (χ1v) is 12.1. The van der Waals surface area contributed by atoms with E-state index in [0.717, 1.165) is 22.1 Å². The first kappa shape index (κ1) is 22.6. The van der Waals surface area contributed by atoms with Crippen molar-refractivity contribution >= 4 is 26.7 Å². The van der Waals surface area contributed by atoms with Crippen LogP contribution in [0.15, 0.2) is 90.3 Å². The quantitative estimate of drug-likeness (QED) is 0.373. The van der Waals surface area contributed by atoms with Gasteiger partial charge in [0.15, 0.2) is 0 Å². The maximum absolute atomic E-state index is 12.7. The maximum atomic E-state index is 12.7. The average Bonchev–Trinajstić information content (AvgIpc) is 2.86. The predicted molar refractivity (Wildman–Crippen MR) is 128 cm³/mol. The minimum absolute atomic E-state index is 0.107. The number of hydrogen-bond donors (Lipinski definition) is 2. The van der Waals surface area contributed by atoms with Crippen molar-refractivity contribution in [2.45, 2.75) is 17.7 Å². The fourth-order valence-electron chi connectivity index (χ4n) is 3.54. The summed E-state index contributed by atoms with van der Waals surface area (Å²) in [6.07, 6.45) is 7.68. The van der Waals surface area contributed by atoms with Crippen LogP contribution in [-0.2, 0) is 21.2 Å². The Balaban J connectivity index is 1.23. The smallest absolute Gasteiger partial charge is 0.241 e. The van der Waals surface area contributed by atoms with Crippen LogP contribution >= 0.6 is 0 Å². The lowest BCUT2D eigenvalue weighted by Gasteiger charge is -2.10. The molecule has 7 nitrogen and oxygen atoms in total. The number of hydrogen-bond acceptors (Lipinski definition) is 5. The van der Waals surface area contributed by atoms with Gasteiger partial charge in [0.1, 0.15) is 0 Å². The van der Waals surface area contributed by atoms with Gasteiger partial charge in [-0.3, -0.25) is 14.8 Å². The molecular weight excluding hydrogens is 436 g/mol. The average molecular weight is 461 g/mol. The van der Waals surface area contributed by atoms with E-state index in [1.54, 1.807) is 36.8 Å². The number of nitrogens with one attached hydrogen (secondary N) is 2. The van der Waals surface area contributed by atoms with Gasteiger partial charge < -0.3 is 5.32 Å². The molecule has 0 saturated carbocycles. The lowest BCUT2D eigenvalue weighted by atomic mass is 10.0. The number of carbonyl (C=O) groups excluding carboxylic acids is 1. The topological polar surface area (TPSA) is 101 Å². The molecule has 33 heavy (non-hydrogen) atoms. The largest absolute Gasteiger partial charge is 0.355 e. The Hall–Kier alpha value is -3.62. The summed E-state index contributed by atoms with van der Waals surface area (Å²) in [5.74, 6) is -0.123. The third-order valence-corrected chi connectivity index (χ3v) is 6.78. The lowest BCUT2D eigenvalue weighted by molar-refractivity contribution is -0.121. The summed E-state index contributed by atoms with van der Waals surface area (Å²) in [6, 6.07) is 18.7. The summed E-state index contributed by atoms with van der Waals surface area (Å²) in [5, 5.41) is 4.13. The van der Waals surface area contributed by atoms with Crippen molar-refractivity contribution in [3.05, 3.63) is 91.0 Å². The van der Waals surface area contributed by atoms with E-state index in [1.165, 1.54) is 0 Å². The van der Waals surface area contributed by atoms with E-state index in [9.17, 15) is 13.2 Å². The third-order valence-electron chi connectivity index (χ3n) is 5.26. The van der Waals surface area contributed by atoms with Crippen molar-refractivity contribution < 1.29 is 13.2 Å². The van der Waals surface area contributed by atoms with Crippen LogP contribution in [0.2, 0.25) is 0 Å². The van der Waals surface area contributed by atoms with Crippen molar-refractivity contribution in [2.75, 3.05) is 13.1 Å². The van der Waals surface area contributed by atoms with E-state index in [4.69, 9.17) is 0 Å². The first-order chi connectivity index (χ1) is 16.0. The zero-order valence-corrected chi connectivity index (χ0v) is 18.8. The number of pyridine rings is 2. The Morgan fingerprint density at radius 1 is 0.818 bits per heavy atom. The Morgan fingerprint density at radius 2 is 1.64 bits per heavy atom. The van der Waals surface area contributed by atoms with Crippen LogP contribution in [0.1, 0.15) is 12.0 Å². The van der Waals surface area contributed by atoms with E-state index < -0.39 is 10.0 Å². The number of amides is 1. The van der Waals surface area contributed by atoms with E-state index >= 15 is 0 Å². The standard InChI is InChI=1S/C25H24N4O3S/c30-25(11-8-19-6-9-20(10-7-19)21-4-2-13-26-17-21)28-15-16-29-33(31,32)24-5-1-3-22-18-27-14-12-23(22)24/h1-7,9-10,12-14,17-18,29H,8,11,15-16H2,(H,28,30). The molecule has 4 aromatic rings. The fraction of sp³-hybridized carbons (Fsp3) is 0.160. The minimum Gasteiger partial charge on any atom is -0.355 e. The maximum Gasteiger partial charge on any atom is 0.241 e. The molecule has 0 aliphatic carbocycles. The van der Waals surface area contributed by atoms with Crippen LogP contribution in [0.5, 0.6) is 0 Å². The number of carbonyl (C=O) groups is 1. The van der Waals surface area contributed by atoms with Gasteiger partial charge >= 0.3 is 0 Å². The molecule has 0 unspecified atom stereocenters. The van der Waals surface area contributed by atoms with Crippen LogP contribution in [0.3, 0.4) is 0 Å². The number of nitrogens with zero attached hydrogens (tertiary/aromatic N) is 2. The zero-order chi connectivity index (χ0) is 23.1. The molecule has 2 aromatic carbocycles. The number of fused-ring (bicyclic) bond motifs is 1. The van der Waals surface area contributed by atoms with Crippen LogP contribution in [0, 0.1) is 0 Å².